The molecule has 0 spiro atoms. The van der Waals surface area contributed by atoms with Gasteiger partial charge in [-0.05, 0) is 24.6 Å². The van der Waals surface area contributed by atoms with Crippen LogP contribution in [0.2, 0.25) is 5.02 Å². The summed E-state index contributed by atoms with van der Waals surface area (Å²) in [4.78, 5) is 25.6. The highest BCUT2D eigenvalue weighted by molar-refractivity contribution is 6.33. The van der Waals surface area contributed by atoms with E-state index in [1.54, 1.807) is 35.0 Å². The molecule has 0 aliphatic carbocycles. The molecule has 0 bridgehead atoms. The van der Waals surface area contributed by atoms with Crippen LogP contribution in [-0.2, 0) is 11.3 Å². The fraction of sp³-hybridized carbons (Fsp3) is 0.217. The molecular weight excluding hydrogens is 414 g/mol. The van der Waals surface area contributed by atoms with E-state index in [-0.39, 0.29) is 24.7 Å². The first-order chi connectivity index (χ1) is 15.0. The van der Waals surface area contributed by atoms with Gasteiger partial charge in [-0.25, -0.2) is 4.68 Å². The minimum absolute atomic E-state index is 0.0166. The molecule has 2 amide bonds. The molecule has 0 aliphatic rings. The van der Waals surface area contributed by atoms with Crippen molar-refractivity contribution in [3.63, 3.8) is 0 Å². The SMILES string of the molecule is Cc1cc(NC(=O)CC(NC(=O)c2ccccc2Cl)c2ccccc2)n(CCC#N)n1. The predicted octanol–water partition coefficient (Wildman–Crippen LogP) is 4.26. The van der Waals surface area contributed by atoms with Gasteiger partial charge >= 0.3 is 0 Å². The summed E-state index contributed by atoms with van der Waals surface area (Å²) in [6, 6.07) is 19.3. The van der Waals surface area contributed by atoms with E-state index in [4.69, 9.17) is 16.9 Å². The maximum absolute atomic E-state index is 12.8. The fourth-order valence-corrected chi connectivity index (χ4v) is 3.39. The standard InChI is InChI=1S/C23H22ClN5O2/c1-16-14-21(29(28-16)13-7-12-25)27-22(30)15-20(17-8-3-2-4-9-17)26-23(31)18-10-5-6-11-19(18)24/h2-6,8-11,14,20H,7,13,15H2,1H3,(H,26,31)(H,27,30). The lowest BCUT2D eigenvalue weighted by atomic mass is 10.0. The van der Waals surface area contributed by atoms with Crippen LogP contribution in [0.15, 0.2) is 60.7 Å². The molecule has 1 heterocycles. The zero-order valence-corrected chi connectivity index (χ0v) is 17.8. The number of carbonyl (C=O) groups excluding carboxylic acids is 2. The highest BCUT2D eigenvalue weighted by Crippen LogP contribution is 2.21. The van der Waals surface area contributed by atoms with Gasteiger partial charge in [0, 0.05) is 6.07 Å². The van der Waals surface area contributed by atoms with E-state index >= 15 is 0 Å². The number of aromatic nitrogens is 2. The third-order valence-electron chi connectivity index (χ3n) is 4.62. The van der Waals surface area contributed by atoms with Gasteiger partial charge in [-0.2, -0.15) is 10.4 Å². The third-order valence-corrected chi connectivity index (χ3v) is 4.95. The maximum Gasteiger partial charge on any atom is 0.253 e. The number of nitrogens with one attached hydrogen (secondary N) is 2. The van der Waals surface area contributed by atoms with E-state index in [9.17, 15) is 9.59 Å². The Bertz CT molecular complexity index is 1100. The Labute approximate surface area is 185 Å². The molecule has 2 aromatic carbocycles. The summed E-state index contributed by atoms with van der Waals surface area (Å²) >= 11 is 6.15. The summed E-state index contributed by atoms with van der Waals surface area (Å²) in [5.74, 6) is -0.129. The van der Waals surface area contributed by atoms with Gasteiger partial charge in [0.15, 0.2) is 0 Å². The summed E-state index contributed by atoms with van der Waals surface area (Å²) in [7, 11) is 0. The smallest absolute Gasteiger partial charge is 0.253 e. The molecule has 0 fully saturated rings. The van der Waals surface area contributed by atoms with E-state index in [2.05, 4.69) is 21.8 Å². The van der Waals surface area contributed by atoms with Crippen LogP contribution in [-0.4, -0.2) is 21.6 Å². The molecule has 158 valence electrons. The van der Waals surface area contributed by atoms with Crippen LogP contribution in [0.25, 0.3) is 0 Å². The second-order valence-corrected chi connectivity index (χ2v) is 7.38. The van der Waals surface area contributed by atoms with Gasteiger partial charge in [0.2, 0.25) is 5.91 Å². The van der Waals surface area contributed by atoms with Crippen molar-refractivity contribution < 1.29 is 9.59 Å². The Morgan fingerprint density at radius 2 is 1.87 bits per heavy atom. The molecule has 1 aromatic heterocycles. The van der Waals surface area contributed by atoms with E-state index in [0.717, 1.165) is 11.3 Å². The number of nitriles is 1. The average Bonchev–Trinajstić information content (AvgIpc) is 3.11. The van der Waals surface area contributed by atoms with E-state index < -0.39 is 6.04 Å². The first kappa shape index (κ1) is 22.1. The Balaban J connectivity index is 1.77. The minimum atomic E-state index is -0.554. The molecule has 8 heteroatoms. The van der Waals surface area contributed by atoms with Gasteiger partial charge in [-0.15, -0.1) is 0 Å². The van der Waals surface area contributed by atoms with Crippen LogP contribution in [0.5, 0.6) is 0 Å². The number of benzene rings is 2. The van der Waals surface area contributed by atoms with Crippen molar-refractivity contribution >= 4 is 29.2 Å². The number of anilines is 1. The largest absolute Gasteiger partial charge is 0.345 e. The number of hydrogen-bond acceptors (Lipinski definition) is 4. The Hall–Kier alpha value is -3.63. The van der Waals surface area contributed by atoms with Gasteiger partial charge in [0.05, 0.1) is 47.8 Å². The van der Waals surface area contributed by atoms with Crippen LogP contribution in [0, 0.1) is 18.3 Å². The van der Waals surface area contributed by atoms with E-state index in [0.29, 0.717) is 22.9 Å². The summed E-state index contributed by atoms with van der Waals surface area (Å²) in [5, 5.41) is 19.2. The highest BCUT2D eigenvalue weighted by Gasteiger charge is 2.21. The molecule has 0 saturated carbocycles. The van der Waals surface area contributed by atoms with Crippen molar-refractivity contribution in [1.82, 2.24) is 15.1 Å². The second kappa shape index (κ2) is 10.4. The van der Waals surface area contributed by atoms with Crippen LogP contribution < -0.4 is 10.6 Å². The molecule has 0 radical (unpaired) electrons. The van der Waals surface area contributed by atoms with Crippen LogP contribution in [0.3, 0.4) is 0 Å². The number of carbonyl (C=O) groups is 2. The average molecular weight is 436 g/mol. The molecule has 3 rings (SSSR count). The van der Waals surface area contributed by atoms with E-state index in [1.165, 1.54) is 0 Å². The van der Waals surface area contributed by atoms with Crippen LogP contribution >= 0.6 is 11.6 Å². The van der Waals surface area contributed by atoms with Crippen LogP contribution in [0.1, 0.15) is 40.5 Å². The zero-order valence-electron chi connectivity index (χ0n) is 17.0. The summed E-state index contributed by atoms with van der Waals surface area (Å²) in [6.07, 6.45) is 0.299. The normalized spacial score (nSPS) is 11.4. The molecule has 31 heavy (non-hydrogen) atoms. The predicted molar refractivity (Wildman–Crippen MR) is 119 cm³/mol. The van der Waals surface area contributed by atoms with Gasteiger partial charge < -0.3 is 10.6 Å². The lowest BCUT2D eigenvalue weighted by Gasteiger charge is -2.19. The van der Waals surface area contributed by atoms with Crippen molar-refractivity contribution in [2.24, 2.45) is 0 Å². The number of hydrogen-bond donors (Lipinski definition) is 2. The first-order valence-electron chi connectivity index (χ1n) is 9.79. The Kier molecular flexibility index (Phi) is 7.41. The van der Waals surface area contributed by atoms with Gasteiger partial charge in [-0.1, -0.05) is 54.1 Å². The number of nitrogens with zero attached hydrogens (tertiary/aromatic N) is 3. The minimum Gasteiger partial charge on any atom is -0.345 e. The highest BCUT2D eigenvalue weighted by atomic mass is 35.5. The topological polar surface area (TPSA) is 99.8 Å². The maximum atomic E-state index is 12.8. The quantitative estimate of drug-likeness (QED) is 0.552. The Morgan fingerprint density at radius 1 is 1.16 bits per heavy atom. The number of rotatable bonds is 8. The summed E-state index contributed by atoms with van der Waals surface area (Å²) in [6.45, 7) is 2.19. The summed E-state index contributed by atoms with van der Waals surface area (Å²) < 4.78 is 1.59. The number of halogens is 1. The molecule has 1 unspecified atom stereocenters. The van der Waals surface area contributed by atoms with Crippen molar-refractivity contribution in [3.05, 3.63) is 82.5 Å². The number of aryl methyl sites for hydroxylation is 2. The monoisotopic (exact) mass is 435 g/mol. The molecule has 7 nitrogen and oxygen atoms in total. The van der Waals surface area contributed by atoms with E-state index in [1.807, 2.05) is 37.3 Å². The zero-order chi connectivity index (χ0) is 22.2. The fourth-order valence-electron chi connectivity index (χ4n) is 3.17. The molecule has 0 saturated heterocycles. The van der Waals surface area contributed by atoms with Crippen molar-refractivity contribution in [2.75, 3.05) is 5.32 Å². The van der Waals surface area contributed by atoms with Gasteiger partial charge in [0.1, 0.15) is 5.82 Å². The van der Waals surface area contributed by atoms with Crippen molar-refractivity contribution in [3.8, 4) is 6.07 Å². The molecule has 3 aromatic rings. The first-order valence-corrected chi connectivity index (χ1v) is 10.2. The third kappa shape index (κ3) is 5.93. The van der Waals surface area contributed by atoms with Crippen molar-refractivity contribution in [2.45, 2.75) is 32.4 Å². The molecular formula is C23H22ClN5O2. The number of amides is 2. The van der Waals surface area contributed by atoms with Gasteiger partial charge in [0.25, 0.3) is 5.91 Å². The lowest BCUT2D eigenvalue weighted by Crippen LogP contribution is -2.32. The molecule has 1 atom stereocenters. The van der Waals surface area contributed by atoms with Crippen LogP contribution in [0.4, 0.5) is 5.82 Å². The van der Waals surface area contributed by atoms with Gasteiger partial charge in [-0.3, -0.25) is 9.59 Å². The second-order valence-electron chi connectivity index (χ2n) is 6.97. The van der Waals surface area contributed by atoms with Crippen molar-refractivity contribution in [1.29, 1.82) is 5.26 Å². The molecule has 2 N–H and O–H groups in total. The Morgan fingerprint density at radius 3 is 2.58 bits per heavy atom. The molecule has 0 aliphatic heterocycles. The summed E-state index contributed by atoms with van der Waals surface area (Å²) in [5.41, 5.74) is 1.88. The lowest BCUT2D eigenvalue weighted by molar-refractivity contribution is -0.116.